The maximum absolute atomic E-state index is 14.1. The van der Waals surface area contributed by atoms with Gasteiger partial charge in [-0.25, -0.2) is 9.82 Å². The van der Waals surface area contributed by atoms with Gasteiger partial charge in [0.15, 0.2) is 5.76 Å². The highest BCUT2D eigenvalue weighted by Crippen LogP contribution is 2.46. The number of furan rings is 1. The number of fused-ring (bicyclic) bond motifs is 1. The smallest absolute Gasteiger partial charge is 0.455 e. The first-order valence-corrected chi connectivity index (χ1v) is 11.8. The van der Waals surface area contributed by atoms with Gasteiger partial charge in [-0.1, -0.05) is 12.1 Å². The van der Waals surface area contributed by atoms with Crippen molar-refractivity contribution in [2.24, 2.45) is 5.10 Å². The Bertz CT molecular complexity index is 1300. The topological polar surface area (TPSA) is 78.2 Å². The Morgan fingerprint density at radius 1 is 0.974 bits per heavy atom. The number of amides is 2. The van der Waals surface area contributed by atoms with Crippen LogP contribution in [0.2, 0.25) is 0 Å². The van der Waals surface area contributed by atoms with Crippen LogP contribution < -0.4 is 10.3 Å². The zero-order valence-electron chi connectivity index (χ0n) is 20.3. The van der Waals surface area contributed by atoms with Gasteiger partial charge in [0.1, 0.15) is 11.6 Å². The number of aryl methyl sites for hydroxylation is 1. The van der Waals surface area contributed by atoms with E-state index in [9.17, 15) is 44.7 Å². The van der Waals surface area contributed by atoms with Crippen molar-refractivity contribution in [1.29, 1.82) is 0 Å². The van der Waals surface area contributed by atoms with Gasteiger partial charge in [-0.05, 0) is 31.9 Å². The maximum atomic E-state index is 14.1. The van der Waals surface area contributed by atoms with Crippen molar-refractivity contribution in [1.82, 2.24) is 10.3 Å². The van der Waals surface area contributed by atoms with Gasteiger partial charge in [-0.2, -0.15) is 35.8 Å². The molecule has 1 aliphatic heterocycles. The number of hydrogen-bond donors (Lipinski definition) is 1. The summed E-state index contributed by atoms with van der Waals surface area (Å²) in [5, 5.41) is 3.39. The number of rotatable bonds is 5. The molecule has 1 saturated heterocycles. The number of halogens is 8. The largest absolute Gasteiger partial charge is 0.460 e. The Morgan fingerprint density at radius 3 is 2.23 bits per heavy atom. The molecule has 2 heterocycles. The lowest BCUT2D eigenvalue weighted by atomic mass is 9.93. The average molecular weight is 566 g/mol. The number of hydrogen-bond acceptors (Lipinski definition) is 5. The number of carbonyl (C=O) groups is 2. The number of nitrogens with one attached hydrogen (secondary N) is 1. The van der Waals surface area contributed by atoms with Crippen LogP contribution in [0.3, 0.4) is 0 Å². The normalized spacial score (nSPS) is 17.8. The lowest BCUT2D eigenvalue weighted by Gasteiger charge is -2.35. The SMILES string of the molecule is Cc1c(C(=O)N2CCN(c3ccccc3F)CC2)oc2c1/C(=N/NC(=O)C(F)(F)C(F)(F)C(F)(F)F)CCC2. The Labute approximate surface area is 216 Å². The molecule has 2 amide bonds. The monoisotopic (exact) mass is 566 g/mol. The highest BCUT2D eigenvalue weighted by molar-refractivity contribution is 6.06. The van der Waals surface area contributed by atoms with E-state index in [1.807, 2.05) is 0 Å². The summed E-state index contributed by atoms with van der Waals surface area (Å²) in [7, 11) is 0. The van der Waals surface area contributed by atoms with Gasteiger partial charge < -0.3 is 14.2 Å². The fourth-order valence-corrected chi connectivity index (χ4v) is 4.50. The van der Waals surface area contributed by atoms with Crippen LogP contribution in [0.1, 0.15) is 40.3 Å². The minimum atomic E-state index is -6.67. The number of carbonyl (C=O) groups excluding carboxylic acids is 2. The molecule has 0 unspecified atom stereocenters. The van der Waals surface area contributed by atoms with E-state index >= 15 is 0 Å². The van der Waals surface area contributed by atoms with Crippen LogP contribution in [-0.2, 0) is 11.2 Å². The molecule has 0 saturated carbocycles. The zero-order chi connectivity index (χ0) is 28.8. The fourth-order valence-electron chi connectivity index (χ4n) is 4.50. The molecule has 1 N–H and O–H groups in total. The molecular weight excluding hydrogens is 544 g/mol. The van der Waals surface area contributed by atoms with Crippen molar-refractivity contribution in [2.45, 2.75) is 44.2 Å². The van der Waals surface area contributed by atoms with Crippen LogP contribution >= 0.6 is 0 Å². The lowest BCUT2D eigenvalue weighted by Crippen LogP contribution is -2.58. The number of hydrazone groups is 1. The van der Waals surface area contributed by atoms with E-state index in [2.05, 4.69) is 5.10 Å². The van der Waals surface area contributed by atoms with E-state index in [1.165, 1.54) is 17.9 Å². The summed E-state index contributed by atoms with van der Waals surface area (Å²) in [4.78, 5) is 28.1. The van der Waals surface area contributed by atoms with Crippen molar-refractivity contribution in [2.75, 3.05) is 31.1 Å². The lowest BCUT2D eigenvalue weighted by molar-refractivity contribution is -0.344. The molecule has 1 aliphatic carbocycles. The van der Waals surface area contributed by atoms with Gasteiger partial charge >= 0.3 is 23.9 Å². The molecule has 7 nitrogen and oxygen atoms in total. The quantitative estimate of drug-likeness (QED) is 0.422. The highest BCUT2D eigenvalue weighted by atomic mass is 19.4. The van der Waals surface area contributed by atoms with E-state index in [0.717, 1.165) is 5.43 Å². The predicted octanol–water partition coefficient (Wildman–Crippen LogP) is 4.68. The second-order valence-corrected chi connectivity index (χ2v) is 9.08. The highest BCUT2D eigenvalue weighted by Gasteiger charge is 2.76. The van der Waals surface area contributed by atoms with Gasteiger partial charge in [-0.3, -0.25) is 9.59 Å². The molecule has 0 spiro atoms. The number of anilines is 1. The van der Waals surface area contributed by atoms with Crippen LogP contribution in [0.4, 0.5) is 40.8 Å². The summed E-state index contributed by atoms with van der Waals surface area (Å²) in [6.07, 6.45) is -6.00. The van der Waals surface area contributed by atoms with Crippen molar-refractivity contribution in [3.05, 3.63) is 52.7 Å². The van der Waals surface area contributed by atoms with Crippen molar-refractivity contribution >= 4 is 23.2 Å². The molecule has 0 atom stereocenters. The molecular formula is C24H22F8N4O3. The van der Waals surface area contributed by atoms with E-state index in [4.69, 9.17) is 4.42 Å². The first kappa shape index (κ1) is 28.4. The average Bonchev–Trinajstić information content (AvgIpc) is 3.23. The van der Waals surface area contributed by atoms with Gasteiger partial charge in [0.2, 0.25) is 0 Å². The van der Waals surface area contributed by atoms with Crippen molar-refractivity contribution < 1.29 is 49.1 Å². The molecule has 0 radical (unpaired) electrons. The second kappa shape index (κ2) is 10.2. The van der Waals surface area contributed by atoms with Crippen LogP contribution in [0, 0.1) is 12.7 Å². The van der Waals surface area contributed by atoms with E-state index in [1.54, 1.807) is 23.1 Å². The summed E-state index contributed by atoms with van der Waals surface area (Å²) in [5.41, 5.74) is 1.82. The Hall–Kier alpha value is -3.65. The fraction of sp³-hybridized carbons (Fsp3) is 0.458. The van der Waals surface area contributed by atoms with E-state index < -0.39 is 35.7 Å². The van der Waals surface area contributed by atoms with Crippen LogP contribution in [-0.4, -0.2) is 66.6 Å². The van der Waals surface area contributed by atoms with Gasteiger partial charge in [0, 0.05) is 43.7 Å². The number of piperazine rings is 1. The molecule has 1 aromatic carbocycles. The Kier molecular flexibility index (Phi) is 7.38. The van der Waals surface area contributed by atoms with Crippen LogP contribution in [0.15, 0.2) is 33.8 Å². The summed E-state index contributed by atoms with van der Waals surface area (Å²) in [6.45, 7) is 2.61. The van der Waals surface area contributed by atoms with E-state index in [-0.39, 0.29) is 47.9 Å². The molecule has 0 bridgehead atoms. The Balaban J connectivity index is 1.50. The third-order valence-electron chi connectivity index (χ3n) is 6.61. The summed E-state index contributed by atoms with van der Waals surface area (Å²) in [6, 6.07) is 6.20. The third-order valence-corrected chi connectivity index (χ3v) is 6.61. The molecule has 2 aliphatic rings. The summed E-state index contributed by atoms with van der Waals surface area (Å²) in [5.74, 6) is -16.4. The molecule has 4 rings (SSSR count). The first-order valence-electron chi connectivity index (χ1n) is 11.8. The van der Waals surface area contributed by atoms with Gasteiger partial charge in [-0.15, -0.1) is 0 Å². The molecule has 212 valence electrons. The minimum absolute atomic E-state index is 0.0455. The van der Waals surface area contributed by atoms with Crippen molar-refractivity contribution in [3.63, 3.8) is 0 Å². The molecule has 2 aromatic rings. The van der Waals surface area contributed by atoms with E-state index in [0.29, 0.717) is 31.6 Å². The van der Waals surface area contributed by atoms with Crippen LogP contribution in [0.25, 0.3) is 0 Å². The first-order chi connectivity index (χ1) is 18.2. The minimum Gasteiger partial charge on any atom is -0.455 e. The Morgan fingerprint density at radius 2 is 1.62 bits per heavy atom. The summed E-state index contributed by atoms with van der Waals surface area (Å²) >= 11 is 0. The number of nitrogens with zero attached hydrogens (tertiary/aromatic N) is 3. The van der Waals surface area contributed by atoms with Crippen LogP contribution in [0.5, 0.6) is 0 Å². The van der Waals surface area contributed by atoms with Gasteiger partial charge in [0.25, 0.3) is 5.91 Å². The maximum Gasteiger partial charge on any atom is 0.460 e. The number of alkyl halides is 7. The van der Waals surface area contributed by atoms with Crippen molar-refractivity contribution in [3.8, 4) is 0 Å². The zero-order valence-corrected chi connectivity index (χ0v) is 20.3. The summed E-state index contributed by atoms with van der Waals surface area (Å²) < 4.78 is 111. The molecule has 1 fully saturated rings. The third kappa shape index (κ3) is 5.05. The number of benzene rings is 1. The standard InChI is InChI=1S/C24H22F8N4O3/c1-13-18-15(33-34-21(38)22(26,27)23(28,29)24(30,31)32)6-4-8-17(18)39-19(13)20(37)36-11-9-35(10-12-36)16-7-3-2-5-14(16)25/h2-3,5,7H,4,6,8-12H2,1H3,(H,34,38)/b33-15+. The predicted molar refractivity (Wildman–Crippen MR) is 122 cm³/mol. The second-order valence-electron chi connectivity index (χ2n) is 9.08. The molecule has 15 heteroatoms. The number of para-hydroxylation sites is 1. The molecule has 39 heavy (non-hydrogen) atoms. The van der Waals surface area contributed by atoms with Gasteiger partial charge in [0.05, 0.1) is 11.4 Å². The molecule has 1 aromatic heterocycles.